The van der Waals surface area contributed by atoms with Crippen LogP contribution in [0, 0.1) is 13.8 Å². The van der Waals surface area contributed by atoms with Crippen LogP contribution < -0.4 is 24.8 Å². The summed E-state index contributed by atoms with van der Waals surface area (Å²) in [5.74, 6) is 0.257. The first-order chi connectivity index (χ1) is 13.4. The Morgan fingerprint density at radius 2 is 1.93 bits per heavy atom. The summed E-state index contributed by atoms with van der Waals surface area (Å²) in [6, 6.07) is 13.3. The maximum atomic E-state index is 12.6. The Morgan fingerprint density at radius 1 is 1.18 bits per heavy atom. The van der Waals surface area contributed by atoms with Crippen LogP contribution in [0.3, 0.4) is 0 Å². The topological polar surface area (TPSA) is 60.3 Å². The largest absolute Gasteiger partial charge is 0.495 e. The average molecular weight is 394 g/mol. The Bertz CT molecular complexity index is 1210. The zero-order valence-electron chi connectivity index (χ0n) is 16.3. The number of para-hydroxylation sites is 2. The van der Waals surface area contributed by atoms with Crippen molar-refractivity contribution in [3.8, 4) is 5.75 Å². The lowest BCUT2D eigenvalue weighted by Crippen LogP contribution is -2.29. The van der Waals surface area contributed by atoms with Gasteiger partial charge in [-0.05, 0) is 43.2 Å². The number of rotatable bonds is 4. The van der Waals surface area contributed by atoms with Crippen LogP contribution in [-0.2, 0) is 11.8 Å². The summed E-state index contributed by atoms with van der Waals surface area (Å²) in [7, 11) is 3.22. The molecule has 0 fully saturated rings. The summed E-state index contributed by atoms with van der Waals surface area (Å²) in [6.45, 7) is 4.03. The molecule has 0 aliphatic heterocycles. The number of ether oxygens (including phenoxy) is 1. The minimum absolute atomic E-state index is 0.123. The van der Waals surface area contributed by atoms with Crippen molar-refractivity contribution in [3.63, 3.8) is 0 Å². The Labute approximate surface area is 167 Å². The second kappa shape index (κ2) is 8.27. The Morgan fingerprint density at radius 3 is 2.68 bits per heavy atom. The summed E-state index contributed by atoms with van der Waals surface area (Å²) in [4.78, 5) is 25.0. The monoisotopic (exact) mass is 394 g/mol. The molecule has 28 heavy (non-hydrogen) atoms. The molecule has 1 heterocycles. The molecule has 0 atom stereocenters. The normalized spacial score (nSPS) is 12.3. The number of methoxy groups -OCH3 is 1. The molecule has 1 N–H and O–H groups in total. The number of nitrogens with zero attached hydrogens (tertiary/aromatic N) is 1. The van der Waals surface area contributed by atoms with E-state index in [0.29, 0.717) is 20.6 Å². The Balaban J connectivity index is 1.99. The Hall–Kier alpha value is -3.12. The molecule has 0 bridgehead atoms. The maximum Gasteiger partial charge on any atom is 0.268 e. The van der Waals surface area contributed by atoms with E-state index >= 15 is 0 Å². The average Bonchev–Trinajstić information content (AvgIpc) is 2.93. The second-order valence-corrected chi connectivity index (χ2v) is 7.57. The summed E-state index contributed by atoms with van der Waals surface area (Å²) in [5.41, 5.74) is 3.69. The van der Waals surface area contributed by atoms with Gasteiger partial charge in [0.2, 0.25) is 0 Å². The molecule has 0 aliphatic carbocycles. The standard InChI is InChI=1S/C22H22N2O3S/c1-14-9-10-15(2)16(11-14)12-19-22(26)24(3)21(28-19)13-20(25)23-17-7-5-6-8-18(17)27-4/h5-13H,1-4H3,(H,23,25)/b19-12-,21-13+. The van der Waals surface area contributed by atoms with E-state index in [-0.39, 0.29) is 11.5 Å². The smallest absolute Gasteiger partial charge is 0.268 e. The van der Waals surface area contributed by atoms with E-state index in [2.05, 4.69) is 5.32 Å². The molecule has 1 aromatic heterocycles. The van der Waals surface area contributed by atoms with Crippen LogP contribution in [-0.4, -0.2) is 17.6 Å². The third kappa shape index (κ3) is 4.23. The highest BCUT2D eigenvalue weighted by molar-refractivity contribution is 7.07. The number of amides is 1. The highest BCUT2D eigenvalue weighted by Crippen LogP contribution is 2.22. The van der Waals surface area contributed by atoms with Gasteiger partial charge in [-0.25, -0.2) is 0 Å². The number of hydrogen-bond acceptors (Lipinski definition) is 4. The van der Waals surface area contributed by atoms with Gasteiger partial charge in [0.1, 0.15) is 10.4 Å². The van der Waals surface area contributed by atoms with Crippen molar-refractivity contribution >= 4 is 35.1 Å². The summed E-state index contributed by atoms with van der Waals surface area (Å²) in [5, 5.41) is 2.79. The van der Waals surface area contributed by atoms with E-state index in [0.717, 1.165) is 16.7 Å². The van der Waals surface area contributed by atoms with E-state index in [4.69, 9.17) is 4.74 Å². The lowest BCUT2D eigenvalue weighted by molar-refractivity contribution is -0.110. The van der Waals surface area contributed by atoms with Crippen LogP contribution in [0.2, 0.25) is 0 Å². The van der Waals surface area contributed by atoms with E-state index in [1.807, 2.05) is 50.3 Å². The van der Waals surface area contributed by atoms with Crippen molar-refractivity contribution in [2.45, 2.75) is 13.8 Å². The SMILES string of the molecule is COc1ccccc1NC(=O)/C=c1/s/c(=C\c2cc(C)ccc2C)c(=O)n1C. The number of anilines is 1. The van der Waals surface area contributed by atoms with Crippen molar-refractivity contribution in [2.24, 2.45) is 7.05 Å². The molecule has 0 saturated heterocycles. The molecular formula is C22H22N2O3S. The van der Waals surface area contributed by atoms with Crippen molar-refractivity contribution in [3.05, 3.63) is 78.7 Å². The fourth-order valence-electron chi connectivity index (χ4n) is 2.79. The fraction of sp³-hybridized carbons (Fsp3) is 0.182. The van der Waals surface area contributed by atoms with Crippen molar-refractivity contribution in [2.75, 3.05) is 12.4 Å². The van der Waals surface area contributed by atoms with E-state index in [1.165, 1.54) is 22.0 Å². The first-order valence-corrected chi connectivity index (χ1v) is 9.61. The summed E-state index contributed by atoms with van der Waals surface area (Å²) in [6.07, 6.45) is 3.31. The van der Waals surface area contributed by atoms with Gasteiger partial charge in [0, 0.05) is 13.1 Å². The van der Waals surface area contributed by atoms with Gasteiger partial charge in [-0.15, -0.1) is 11.3 Å². The van der Waals surface area contributed by atoms with E-state index in [9.17, 15) is 9.59 Å². The van der Waals surface area contributed by atoms with Crippen molar-refractivity contribution in [1.82, 2.24) is 4.57 Å². The molecular weight excluding hydrogens is 372 g/mol. The van der Waals surface area contributed by atoms with Crippen LogP contribution in [0.25, 0.3) is 12.2 Å². The number of hydrogen-bond donors (Lipinski definition) is 1. The predicted octanol–water partition coefficient (Wildman–Crippen LogP) is 2.32. The van der Waals surface area contributed by atoms with Gasteiger partial charge in [0.15, 0.2) is 0 Å². The van der Waals surface area contributed by atoms with E-state index in [1.54, 1.807) is 26.3 Å². The van der Waals surface area contributed by atoms with Gasteiger partial charge in [0.05, 0.1) is 17.3 Å². The van der Waals surface area contributed by atoms with Crippen LogP contribution in [0.15, 0.2) is 47.3 Å². The lowest BCUT2D eigenvalue weighted by atomic mass is 10.1. The molecule has 0 saturated carbocycles. The number of aryl methyl sites for hydroxylation is 2. The summed E-state index contributed by atoms with van der Waals surface area (Å²) >= 11 is 1.29. The van der Waals surface area contributed by atoms with Crippen LogP contribution in [0.4, 0.5) is 5.69 Å². The molecule has 144 valence electrons. The number of carbonyl (C=O) groups is 1. The molecule has 0 aliphatic rings. The van der Waals surface area contributed by atoms with Gasteiger partial charge >= 0.3 is 0 Å². The number of carbonyl (C=O) groups excluding carboxylic acids is 1. The lowest BCUT2D eigenvalue weighted by Gasteiger charge is -2.07. The first-order valence-electron chi connectivity index (χ1n) is 8.79. The zero-order chi connectivity index (χ0) is 20.3. The predicted molar refractivity (Wildman–Crippen MR) is 114 cm³/mol. The summed E-state index contributed by atoms with van der Waals surface area (Å²) < 4.78 is 7.90. The Kier molecular flexibility index (Phi) is 5.80. The van der Waals surface area contributed by atoms with Gasteiger partial charge < -0.3 is 14.6 Å². The molecule has 6 heteroatoms. The molecule has 1 amide bonds. The number of nitrogens with one attached hydrogen (secondary N) is 1. The number of aromatic nitrogens is 1. The number of benzene rings is 2. The van der Waals surface area contributed by atoms with Gasteiger partial charge in [-0.3, -0.25) is 9.59 Å². The van der Waals surface area contributed by atoms with Crippen LogP contribution in [0.1, 0.15) is 16.7 Å². The molecule has 5 nitrogen and oxygen atoms in total. The molecule has 3 aromatic rings. The quantitative estimate of drug-likeness (QED) is 0.739. The highest BCUT2D eigenvalue weighted by Gasteiger charge is 2.07. The zero-order valence-corrected chi connectivity index (χ0v) is 17.1. The van der Waals surface area contributed by atoms with Crippen LogP contribution in [0.5, 0.6) is 5.75 Å². The third-order valence-electron chi connectivity index (χ3n) is 4.40. The second-order valence-electron chi connectivity index (χ2n) is 6.51. The molecule has 0 spiro atoms. The highest BCUT2D eigenvalue weighted by atomic mass is 32.1. The van der Waals surface area contributed by atoms with Gasteiger partial charge in [-0.1, -0.05) is 35.9 Å². The number of thiazole rings is 1. The van der Waals surface area contributed by atoms with E-state index < -0.39 is 0 Å². The maximum absolute atomic E-state index is 12.6. The molecule has 3 rings (SSSR count). The third-order valence-corrected chi connectivity index (χ3v) is 5.51. The van der Waals surface area contributed by atoms with Gasteiger partial charge in [-0.2, -0.15) is 0 Å². The van der Waals surface area contributed by atoms with Crippen molar-refractivity contribution in [1.29, 1.82) is 0 Å². The van der Waals surface area contributed by atoms with Gasteiger partial charge in [0.25, 0.3) is 11.5 Å². The molecule has 0 radical (unpaired) electrons. The molecule has 0 unspecified atom stereocenters. The first kappa shape index (κ1) is 19.6. The fourth-order valence-corrected chi connectivity index (χ4v) is 3.81. The minimum Gasteiger partial charge on any atom is -0.495 e. The molecule has 2 aromatic carbocycles. The van der Waals surface area contributed by atoms with Crippen molar-refractivity contribution < 1.29 is 9.53 Å². The van der Waals surface area contributed by atoms with Crippen LogP contribution >= 0.6 is 11.3 Å². The minimum atomic E-state index is -0.320.